The van der Waals surface area contributed by atoms with Crippen molar-refractivity contribution in [2.75, 3.05) is 6.54 Å². The Labute approximate surface area is 99.8 Å². The summed E-state index contributed by atoms with van der Waals surface area (Å²) in [5.74, 6) is -19.1. The van der Waals surface area contributed by atoms with Crippen molar-refractivity contribution in [3.8, 4) is 0 Å². The number of hydrogen-bond acceptors (Lipinski definition) is 2. The highest BCUT2D eigenvalue weighted by atomic mass is 19.4. The lowest BCUT2D eigenvalue weighted by atomic mass is 10.00. The minimum absolute atomic E-state index is 0.743. The minimum atomic E-state index is -6.88. The molecule has 0 rings (SSSR count). The molecule has 0 aromatic rings. The molecule has 0 aliphatic carbocycles. The summed E-state index contributed by atoms with van der Waals surface area (Å²) in [5, 5.41) is 0. The first-order chi connectivity index (χ1) is 8.31. The Morgan fingerprint density at radius 3 is 1.68 bits per heavy atom. The van der Waals surface area contributed by atoms with Crippen molar-refractivity contribution in [2.45, 2.75) is 36.8 Å². The van der Waals surface area contributed by atoms with Gasteiger partial charge in [-0.1, -0.05) is 0 Å². The molecule has 0 heterocycles. The molecule has 0 bridgehead atoms. The lowest BCUT2D eigenvalue weighted by Gasteiger charge is -2.33. The number of nitrogens with zero attached hydrogens (tertiary/aromatic N) is 1. The van der Waals surface area contributed by atoms with E-state index in [1.807, 2.05) is 0 Å². The smallest absolute Gasteiger partial charge is 0.211 e. The van der Waals surface area contributed by atoms with Gasteiger partial charge >= 0.3 is 23.9 Å². The summed E-state index contributed by atoms with van der Waals surface area (Å²) >= 11 is 0. The summed E-state index contributed by atoms with van der Waals surface area (Å²) in [4.78, 5) is 12.2. The second kappa shape index (κ2) is 5.40. The van der Waals surface area contributed by atoms with Gasteiger partial charge in [-0.15, -0.1) is 0 Å². The molecule has 112 valence electrons. The Kier molecular flexibility index (Phi) is 5.04. The maximum atomic E-state index is 12.8. The van der Waals surface area contributed by atoms with E-state index in [0.717, 1.165) is 6.08 Å². The molecule has 0 saturated carbocycles. The van der Waals surface area contributed by atoms with E-state index in [2.05, 4.69) is 4.99 Å². The van der Waals surface area contributed by atoms with E-state index < -0.39 is 43.3 Å². The SMILES string of the molecule is O=C=NCCCC(F)(F)C(F)(F)C(F)(F)C(F)(F)F. The topological polar surface area (TPSA) is 29.4 Å². The van der Waals surface area contributed by atoms with Crippen LogP contribution in [0.5, 0.6) is 0 Å². The molecular weight excluding hydrogens is 297 g/mol. The molecule has 0 aliphatic heterocycles. The predicted molar refractivity (Wildman–Crippen MR) is 43.1 cm³/mol. The zero-order valence-corrected chi connectivity index (χ0v) is 8.88. The van der Waals surface area contributed by atoms with E-state index in [1.165, 1.54) is 0 Å². The molecule has 0 atom stereocenters. The van der Waals surface area contributed by atoms with Crippen LogP contribution in [0.4, 0.5) is 39.5 Å². The number of rotatable bonds is 6. The van der Waals surface area contributed by atoms with Crippen LogP contribution in [0.25, 0.3) is 0 Å². The third-order valence-corrected chi connectivity index (χ3v) is 2.03. The van der Waals surface area contributed by atoms with E-state index in [9.17, 15) is 44.3 Å². The molecule has 0 amide bonds. The van der Waals surface area contributed by atoms with Crippen LogP contribution in [0.1, 0.15) is 12.8 Å². The number of halogens is 9. The van der Waals surface area contributed by atoms with E-state index in [-0.39, 0.29) is 0 Å². The fourth-order valence-corrected chi connectivity index (χ4v) is 0.990. The van der Waals surface area contributed by atoms with E-state index >= 15 is 0 Å². The van der Waals surface area contributed by atoms with Gasteiger partial charge in [-0.2, -0.15) is 39.5 Å². The van der Waals surface area contributed by atoms with Gasteiger partial charge in [0.05, 0.1) is 6.54 Å². The fourth-order valence-electron chi connectivity index (χ4n) is 0.990. The van der Waals surface area contributed by atoms with Gasteiger partial charge in [-0.3, -0.25) is 0 Å². The summed E-state index contributed by atoms with van der Waals surface area (Å²) in [6, 6.07) is 0. The molecule has 11 heteroatoms. The van der Waals surface area contributed by atoms with Crippen molar-refractivity contribution in [1.82, 2.24) is 0 Å². The molecular formula is C8H6F9NO. The van der Waals surface area contributed by atoms with Crippen LogP contribution in [-0.4, -0.2) is 36.6 Å². The molecule has 0 saturated heterocycles. The first-order valence-corrected chi connectivity index (χ1v) is 4.55. The van der Waals surface area contributed by atoms with Crippen LogP contribution in [0.3, 0.4) is 0 Å². The Morgan fingerprint density at radius 1 is 0.842 bits per heavy atom. The molecule has 0 fully saturated rings. The highest BCUT2D eigenvalue weighted by molar-refractivity contribution is 5.32. The summed E-state index contributed by atoms with van der Waals surface area (Å²) in [6.45, 7) is -0.743. The number of isocyanates is 1. The lowest BCUT2D eigenvalue weighted by molar-refractivity contribution is -0.396. The quantitative estimate of drug-likeness (QED) is 0.319. The van der Waals surface area contributed by atoms with Gasteiger partial charge in [0.2, 0.25) is 6.08 Å². The van der Waals surface area contributed by atoms with Gasteiger partial charge in [0.25, 0.3) is 0 Å². The third kappa shape index (κ3) is 3.40. The van der Waals surface area contributed by atoms with Crippen LogP contribution in [0.15, 0.2) is 4.99 Å². The van der Waals surface area contributed by atoms with Crippen LogP contribution < -0.4 is 0 Å². The van der Waals surface area contributed by atoms with Crippen LogP contribution >= 0.6 is 0 Å². The maximum Gasteiger partial charge on any atom is 0.460 e. The van der Waals surface area contributed by atoms with Crippen molar-refractivity contribution in [3.05, 3.63) is 0 Å². The van der Waals surface area contributed by atoms with E-state index in [1.54, 1.807) is 0 Å². The predicted octanol–water partition coefficient (Wildman–Crippen LogP) is 3.57. The molecule has 0 spiro atoms. The fraction of sp³-hybridized carbons (Fsp3) is 0.875. The minimum Gasteiger partial charge on any atom is -0.211 e. The summed E-state index contributed by atoms with van der Waals surface area (Å²) in [5.41, 5.74) is 0. The average molecular weight is 303 g/mol. The molecule has 19 heavy (non-hydrogen) atoms. The van der Waals surface area contributed by atoms with Crippen molar-refractivity contribution in [1.29, 1.82) is 0 Å². The van der Waals surface area contributed by atoms with Crippen LogP contribution in [-0.2, 0) is 4.79 Å². The Morgan fingerprint density at radius 2 is 1.32 bits per heavy atom. The van der Waals surface area contributed by atoms with Crippen LogP contribution in [0.2, 0.25) is 0 Å². The second-order valence-corrected chi connectivity index (χ2v) is 3.43. The van der Waals surface area contributed by atoms with E-state index in [4.69, 9.17) is 0 Å². The Balaban J connectivity index is 5.10. The lowest BCUT2D eigenvalue weighted by Crippen LogP contribution is -2.60. The van der Waals surface area contributed by atoms with Gasteiger partial charge in [-0.25, -0.2) is 9.79 Å². The van der Waals surface area contributed by atoms with Gasteiger partial charge < -0.3 is 0 Å². The normalized spacial score (nSPS) is 14.2. The molecule has 0 N–H and O–H groups in total. The maximum absolute atomic E-state index is 12.8. The van der Waals surface area contributed by atoms with Crippen molar-refractivity contribution < 1.29 is 44.3 Å². The largest absolute Gasteiger partial charge is 0.460 e. The number of aliphatic imine (C=N–C) groups is 1. The Hall–Kier alpha value is -1.25. The zero-order valence-electron chi connectivity index (χ0n) is 8.88. The van der Waals surface area contributed by atoms with Gasteiger partial charge in [0.1, 0.15) is 0 Å². The molecule has 0 radical (unpaired) electrons. The van der Waals surface area contributed by atoms with Crippen molar-refractivity contribution >= 4 is 6.08 Å². The standard InChI is InChI=1S/C8H6F9NO/c9-5(10,2-1-3-18-4-19)6(11,12)7(13,14)8(15,16)17/h1-3H2. The molecule has 0 aromatic carbocycles. The second-order valence-electron chi connectivity index (χ2n) is 3.43. The molecule has 0 aliphatic rings. The number of hydrogen-bond donors (Lipinski definition) is 0. The van der Waals surface area contributed by atoms with Gasteiger partial charge in [0, 0.05) is 6.42 Å². The monoisotopic (exact) mass is 303 g/mol. The molecule has 2 nitrogen and oxygen atoms in total. The van der Waals surface area contributed by atoms with Crippen molar-refractivity contribution in [2.24, 2.45) is 4.99 Å². The Bertz CT molecular complexity index is 356. The number of alkyl halides is 9. The van der Waals surface area contributed by atoms with Crippen LogP contribution in [0, 0.1) is 0 Å². The summed E-state index contributed by atoms with van der Waals surface area (Å²) < 4.78 is 111. The summed E-state index contributed by atoms with van der Waals surface area (Å²) in [6.07, 6.45) is -8.93. The molecule has 0 unspecified atom stereocenters. The highest BCUT2D eigenvalue weighted by Gasteiger charge is 2.81. The van der Waals surface area contributed by atoms with Crippen molar-refractivity contribution in [3.63, 3.8) is 0 Å². The third-order valence-electron chi connectivity index (χ3n) is 2.03. The zero-order chi connectivity index (χ0) is 15.5. The molecule has 0 aromatic heterocycles. The van der Waals surface area contributed by atoms with Gasteiger partial charge in [0.15, 0.2) is 0 Å². The average Bonchev–Trinajstić information content (AvgIpc) is 2.22. The van der Waals surface area contributed by atoms with E-state index in [0.29, 0.717) is 0 Å². The first kappa shape index (κ1) is 17.8. The number of carbonyl (C=O) groups excluding carboxylic acids is 1. The van der Waals surface area contributed by atoms with Gasteiger partial charge in [-0.05, 0) is 6.42 Å². The highest BCUT2D eigenvalue weighted by Crippen LogP contribution is 2.54. The summed E-state index contributed by atoms with van der Waals surface area (Å²) in [7, 11) is 0. The first-order valence-electron chi connectivity index (χ1n) is 4.55.